The fourth-order valence-electron chi connectivity index (χ4n) is 3.01. The molecule has 0 aliphatic carbocycles. The quantitative estimate of drug-likeness (QED) is 0.798. The van der Waals surface area contributed by atoms with E-state index in [4.69, 9.17) is 4.74 Å². The van der Waals surface area contributed by atoms with Gasteiger partial charge in [0.05, 0.1) is 12.8 Å². The number of unbranched alkanes of at least 4 members (excludes halogenated alkanes) is 1. The molecule has 2 aromatic rings. The molecule has 148 valence electrons. The van der Waals surface area contributed by atoms with Gasteiger partial charge in [-0.05, 0) is 55.8 Å². The molecule has 3 rings (SSSR count). The lowest BCUT2D eigenvalue weighted by atomic mass is 10.1. The molecule has 8 heteroatoms. The van der Waals surface area contributed by atoms with E-state index < -0.39 is 15.9 Å². The summed E-state index contributed by atoms with van der Waals surface area (Å²) in [7, 11) is -2.27. The van der Waals surface area contributed by atoms with Crippen molar-refractivity contribution in [3.63, 3.8) is 0 Å². The first-order valence-electron chi connectivity index (χ1n) is 9.04. The van der Waals surface area contributed by atoms with E-state index in [1.807, 2.05) is 4.90 Å². The van der Waals surface area contributed by atoms with Crippen LogP contribution in [0.5, 0.6) is 5.75 Å². The van der Waals surface area contributed by atoms with E-state index in [2.05, 4.69) is 16.6 Å². The van der Waals surface area contributed by atoms with Crippen LogP contribution in [-0.4, -0.2) is 33.8 Å². The van der Waals surface area contributed by atoms with Gasteiger partial charge in [0.15, 0.2) is 0 Å². The predicted octanol–water partition coefficient (Wildman–Crippen LogP) is 3.67. The van der Waals surface area contributed by atoms with Gasteiger partial charge in [-0.15, -0.1) is 4.40 Å². The Bertz CT molecular complexity index is 1010. The summed E-state index contributed by atoms with van der Waals surface area (Å²) in [5.74, 6) is 0.726. The lowest BCUT2D eigenvalue weighted by molar-refractivity contribution is 0.102. The maximum absolute atomic E-state index is 12.6. The van der Waals surface area contributed by atoms with Gasteiger partial charge in [-0.2, -0.15) is 8.42 Å². The number of anilines is 2. The van der Waals surface area contributed by atoms with Gasteiger partial charge in [0.1, 0.15) is 16.5 Å². The monoisotopic (exact) mass is 401 g/mol. The number of amides is 1. The Hall–Kier alpha value is -2.87. The smallest absolute Gasteiger partial charge is 0.286 e. The van der Waals surface area contributed by atoms with E-state index in [9.17, 15) is 13.2 Å². The molecule has 0 atom stereocenters. The molecule has 28 heavy (non-hydrogen) atoms. The molecule has 0 aromatic heterocycles. The number of hydrogen-bond donors (Lipinski definition) is 1. The summed E-state index contributed by atoms with van der Waals surface area (Å²) in [5.41, 5.74) is 1.40. The molecule has 1 heterocycles. The van der Waals surface area contributed by atoms with E-state index >= 15 is 0 Å². The standard InChI is InChI=1S/C20H23N3O4S/c1-4-5-12-23-14(2)22-28(25,26)19-13-15(6-11-18(19)23)20(24)21-16-7-9-17(27-3)10-8-16/h6-11,13H,4-5,12H2,1-3H3,(H,21,24). The molecule has 7 nitrogen and oxygen atoms in total. The molecular weight excluding hydrogens is 378 g/mol. The largest absolute Gasteiger partial charge is 0.497 e. The molecule has 1 N–H and O–H groups in total. The number of sulfonamides is 1. The van der Waals surface area contributed by atoms with Gasteiger partial charge in [0.25, 0.3) is 15.9 Å². The van der Waals surface area contributed by atoms with Gasteiger partial charge >= 0.3 is 0 Å². The number of benzene rings is 2. The van der Waals surface area contributed by atoms with Crippen LogP contribution in [-0.2, 0) is 10.0 Å². The minimum absolute atomic E-state index is 0.0524. The number of ether oxygens (including phenoxy) is 1. The fourth-order valence-corrected chi connectivity index (χ4v) is 4.27. The molecule has 1 amide bonds. The van der Waals surface area contributed by atoms with Crippen molar-refractivity contribution in [2.24, 2.45) is 4.40 Å². The van der Waals surface area contributed by atoms with Crippen molar-refractivity contribution in [3.8, 4) is 5.75 Å². The van der Waals surface area contributed by atoms with E-state index in [-0.39, 0.29) is 10.5 Å². The molecule has 0 spiro atoms. The summed E-state index contributed by atoms with van der Waals surface area (Å²) >= 11 is 0. The van der Waals surface area contributed by atoms with Crippen molar-refractivity contribution in [2.75, 3.05) is 23.9 Å². The van der Waals surface area contributed by atoms with Crippen LogP contribution < -0.4 is 15.0 Å². The highest BCUT2D eigenvalue weighted by Gasteiger charge is 2.29. The first-order valence-corrected chi connectivity index (χ1v) is 10.5. The van der Waals surface area contributed by atoms with Gasteiger partial charge in [0.2, 0.25) is 0 Å². The van der Waals surface area contributed by atoms with Gasteiger partial charge in [0, 0.05) is 17.8 Å². The second-order valence-electron chi connectivity index (χ2n) is 6.48. The average molecular weight is 401 g/mol. The van der Waals surface area contributed by atoms with Gasteiger partial charge in [-0.25, -0.2) is 0 Å². The van der Waals surface area contributed by atoms with Crippen molar-refractivity contribution >= 4 is 33.1 Å². The molecule has 0 radical (unpaired) electrons. The van der Waals surface area contributed by atoms with Crippen LogP contribution >= 0.6 is 0 Å². The Morgan fingerprint density at radius 3 is 2.54 bits per heavy atom. The Labute approximate surface area is 165 Å². The van der Waals surface area contributed by atoms with Crippen molar-refractivity contribution in [1.82, 2.24) is 0 Å². The maximum Gasteiger partial charge on any atom is 0.286 e. The number of nitrogens with one attached hydrogen (secondary N) is 1. The minimum atomic E-state index is -3.84. The second-order valence-corrected chi connectivity index (χ2v) is 8.06. The zero-order valence-corrected chi connectivity index (χ0v) is 16.9. The molecule has 0 saturated heterocycles. The molecule has 1 aliphatic heterocycles. The lowest BCUT2D eigenvalue weighted by Crippen LogP contribution is -2.34. The molecule has 0 unspecified atom stereocenters. The summed E-state index contributed by atoms with van der Waals surface area (Å²) in [6.45, 7) is 4.42. The first kappa shape index (κ1) is 19.9. The first-order chi connectivity index (χ1) is 13.4. The van der Waals surface area contributed by atoms with E-state index in [1.165, 1.54) is 6.07 Å². The number of amidine groups is 1. The topological polar surface area (TPSA) is 88.1 Å². The zero-order chi connectivity index (χ0) is 20.3. The Balaban J connectivity index is 1.90. The summed E-state index contributed by atoms with van der Waals surface area (Å²) in [4.78, 5) is 14.5. The summed E-state index contributed by atoms with van der Waals surface area (Å²) in [6, 6.07) is 11.6. The molecule has 0 saturated carbocycles. The highest BCUT2D eigenvalue weighted by atomic mass is 32.2. The van der Waals surface area contributed by atoms with Crippen LogP contribution in [0.25, 0.3) is 0 Å². The number of rotatable bonds is 6. The summed E-state index contributed by atoms with van der Waals surface area (Å²) in [6.07, 6.45) is 1.89. The van der Waals surface area contributed by atoms with Gasteiger partial charge < -0.3 is 15.0 Å². The molecule has 1 aliphatic rings. The zero-order valence-electron chi connectivity index (χ0n) is 16.1. The van der Waals surface area contributed by atoms with Crippen LogP contribution in [0.1, 0.15) is 37.0 Å². The van der Waals surface area contributed by atoms with Crippen LogP contribution in [0, 0.1) is 0 Å². The van der Waals surface area contributed by atoms with Crippen molar-refractivity contribution in [3.05, 3.63) is 48.0 Å². The number of hydrogen-bond acceptors (Lipinski definition) is 5. The van der Waals surface area contributed by atoms with Crippen LogP contribution in [0.4, 0.5) is 11.4 Å². The minimum Gasteiger partial charge on any atom is -0.497 e. The van der Waals surface area contributed by atoms with Crippen molar-refractivity contribution in [2.45, 2.75) is 31.6 Å². The number of methoxy groups -OCH3 is 1. The van der Waals surface area contributed by atoms with E-state index in [0.717, 1.165) is 12.8 Å². The fraction of sp³-hybridized carbons (Fsp3) is 0.300. The Kier molecular flexibility index (Phi) is 5.69. The van der Waals surface area contributed by atoms with Crippen LogP contribution in [0.2, 0.25) is 0 Å². The molecule has 0 fully saturated rings. The molecule has 0 bridgehead atoms. The average Bonchev–Trinajstić information content (AvgIpc) is 2.67. The Morgan fingerprint density at radius 2 is 1.89 bits per heavy atom. The maximum atomic E-state index is 12.6. The second kappa shape index (κ2) is 8.02. The predicted molar refractivity (Wildman–Crippen MR) is 110 cm³/mol. The SMILES string of the molecule is CCCCN1C(C)=NS(=O)(=O)c2cc(C(=O)Nc3ccc(OC)cc3)ccc21. The number of fused-ring (bicyclic) bond motifs is 1. The third-order valence-electron chi connectivity index (χ3n) is 4.52. The van der Waals surface area contributed by atoms with Crippen molar-refractivity contribution < 1.29 is 17.9 Å². The lowest BCUT2D eigenvalue weighted by Gasteiger charge is -2.29. The van der Waals surface area contributed by atoms with Gasteiger partial charge in [-0.1, -0.05) is 13.3 Å². The van der Waals surface area contributed by atoms with Gasteiger partial charge in [-0.3, -0.25) is 4.79 Å². The summed E-state index contributed by atoms with van der Waals surface area (Å²) < 4.78 is 34.1. The molecular formula is C20H23N3O4S. The third-order valence-corrected chi connectivity index (χ3v) is 5.90. The van der Waals surface area contributed by atoms with Crippen LogP contribution in [0.3, 0.4) is 0 Å². The van der Waals surface area contributed by atoms with Crippen molar-refractivity contribution in [1.29, 1.82) is 0 Å². The highest BCUT2D eigenvalue weighted by Crippen LogP contribution is 2.33. The number of carbonyl (C=O) groups excluding carboxylic acids is 1. The molecule has 2 aromatic carbocycles. The third kappa shape index (κ3) is 4.01. The highest BCUT2D eigenvalue weighted by molar-refractivity contribution is 7.90. The van der Waals surface area contributed by atoms with E-state index in [1.54, 1.807) is 50.4 Å². The number of carbonyl (C=O) groups is 1. The number of nitrogens with zero attached hydrogens (tertiary/aromatic N) is 2. The summed E-state index contributed by atoms with van der Waals surface area (Å²) in [5, 5.41) is 2.76. The van der Waals surface area contributed by atoms with Crippen LogP contribution in [0.15, 0.2) is 51.8 Å². The van der Waals surface area contributed by atoms with E-state index in [0.29, 0.717) is 29.5 Å². The Morgan fingerprint density at radius 1 is 1.18 bits per heavy atom. The normalized spacial score (nSPS) is 14.8.